The molecular weight excluding hydrogens is 316 g/mol. The van der Waals surface area contributed by atoms with Crippen LogP contribution in [0.5, 0.6) is 0 Å². The molecular formula is C19H18N4O2. The number of para-hydroxylation sites is 1. The highest BCUT2D eigenvalue weighted by Gasteiger charge is 2.34. The lowest BCUT2D eigenvalue weighted by atomic mass is 10.0. The second kappa shape index (κ2) is 6.65. The number of nitrogens with zero attached hydrogens (tertiary/aromatic N) is 4. The van der Waals surface area contributed by atoms with Crippen molar-refractivity contribution >= 4 is 23.5 Å². The van der Waals surface area contributed by atoms with Crippen LogP contribution in [-0.4, -0.2) is 37.3 Å². The Morgan fingerprint density at radius 3 is 2.76 bits per heavy atom. The normalized spacial score (nSPS) is 19.7. The minimum atomic E-state index is -0.381. The molecule has 0 fully saturated rings. The van der Waals surface area contributed by atoms with Gasteiger partial charge in [-0.2, -0.15) is 5.26 Å². The van der Waals surface area contributed by atoms with E-state index in [-0.39, 0.29) is 11.5 Å². The lowest BCUT2D eigenvalue weighted by molar-refractivity contribution is -0.121. The molecule has 6 nitrogen and oxygen atoms in total. The Balaban J connectivity index is 2.13. The van der Waals surface area contributed by atoms with Gasteiger partial charge in [-0.15, -0.1) is 0 Å². The second-order valence-electron chi connectivity index (χ2n) is 5.57. The number of hydrogen-bond donors (Lipinski definition) is 0. The number of oxime groups is 1. The van der Waals surface area contributed by atoms with Gasteiger partial charge in [-0.1, -0.05) is 29.4 Å². The summed E-state index contributed by atoms with van der Waals surface area (Å²) in [5.74, 6) is -0.0479. The van der Waals surface area contributed by atoms with Gasteiger partial charge < -0.3 is 9.74 Å². The van der Waals surface area contributed by atoms with Crippen LogP contribution >= 0.6 is 0 Å². The first-order valence-corrected chi connectivity index (χ1v) is 7.92. The minimum Gasteiger partial charge on any atom is -0.397 e. The van der Waals surface area contributed by atoms with Gasteiger partial charge in [0.1, 0.15) is 18.8 Å². The van der Waals surface area contributed by atoms with Gasteiger partial charge in [-0.05, 0) is 30.7 Å². The van der Waals surface area contributed by atoms with Crippen LogP contribution in [0.4, 0.5) is 5.69 Å². The number of anilines is 1. The van der Waals surface area contributed by atoms with Gasteiger partial charge in [-0.3, -0.25) is 9.69 Å². The summed E-state index contributed by atoms with van der Waals surface area (Å²) in [5, 5.41) is 13.3. The van der Waals surface area contributed by atoms with E-state index in [0.717, 1.165) is 23.5 Å². The molecule has 1 amide bonds. The van der Waals surface area contributed by atoms with E-state index in [2.05, 4.69) is 23.0 Å². The number of allylic oxidation sites excluding steroid dienone is 1. The number of rotatable bonds is 3. The van der Waals surface area contributed by atoms with Crippen molar-refractivity contribution in [1.82, 2.24) is 4.90 Å². The van der Waals surface area contributed by atoms with Crippen LogP contribution in [0.3, 0.4) is 0 Å². The largest absolute Gasteiger partial charge is 0.397 e. The summed E-state index contributed by atoms with van der Waals surface area (Å²) < 4.78 is 0. The number of amides is 1. The monoisotopic (exact) mass is 334 g/mol. The van der Waals surface area contributed by atoms with Gasteiger partial charge in [-0.25, -0.2) is 0 Å². The van der Waals surface area contributed by atoms with Crippen molar-refractivity contribution in [2.45, 2.75) is 6.92 Å². The first-order valence-electron chi connectivity index (χ1n) is 7.92. The number of carbonyl (C=O) groups is 1. The molecule has 25 heavy (non-hydrogen) atoms. The molecule has 0 saturated heterocycles. The SMILES string of the molecule is CCN1/C(=C/C2=C(C#N)C(=O)N(C)/C2=N\OC)C=Cc2ccccc21. The number of hydrogen-bond acceptors (Lipinski definition) is 5. The van der Waals surface area contributed by atoms with Gasteiger partial charge >= 0.3 is 0 Å². The van der Waals surface area contributed by atoms with Gasteiger partial charge in [0.25, 0.3) is 5.91 Å². The number of amidine groups is 1. The highest BCUT2D eigenvalue weighted by atomic mass is 16.6. The molecule has 0 saturated carbocycles. The summed E-state index contributed by atoms with van der Waals surface area (Å²) in [6, 6.07) is 10.1. The van der Waals surface area contributed by atoms with Crippen molar-refractivity contribution in [3.05, 3.63) is 58.8 Å². The molecule has 2 aliphatic rings. The van der Waals surface area contributed by atoms with E-state index in [1.54, 1.807) is 7.05 Å². The molecule has 6 heteroatoms. The van der Waals surface area contributed by atoms with Crippen LogP contribution in [-0.2, 0) is 9.63 Å². The maximum atomic E-state index is 12.3. The van der Waals surface area contributed by atoms with Crippen molar-refractivity contribution < 1.29 is 9.63 Å². The summed E-state index contributed by atoms with van der Waals surface area (Å²) in [4.78, 5) is 20.6. The second-order valence-corrected chi connectivity index (χ2v) is 5.57. The molecule has 2 heterocycles. The highest BCUT2D eigenvalue weighted by Crippen LogP contribution is 2.32. The zero-order valence-electron chi connectivity index (χ0n) is 14.4. The third kappa shape index (κ3) is 2.70. The average molecular weight is 334 g/mol. The molecule has 0 aromatic heterocycles. The van der Waals surface area contributed by atoms with Crippen molar-refractivity contribution in [1.29, 1.82) is 5.26 Å². The van der Waals surface area contributed by atoms with E-state index >= 15 is 0 Å². The fourth-order valence-corrected chi connectivity index (χ4v) is 3.02. The smallest absolute Gasteiger partial charge is 0.270 e. The van der Waals surface area contributed by atoms with Crippen molar-refractivity contribution in [3.8, 4) is 6.07 Å². The number of fused-ring (bicyclic) bond motifs is 1. The third-order valence-corrected chi connectivity index (χ3v) is 4.22. The van der Waals surface area contributed by atoms with Crippen LogP contribution in [0.25, 0.3) is 6.08 Å². The maximum Gasteiger partial charge on any atom is 0.270 e. The quantitative estimate of drug-likeness (QED) is 0.797. The summed E-state index contributed by atoms with van der Waals surface area (Å²) >= 11 is 0. The van der Waals surface area contributed by atoms with Crippen LogP contribution in [0.1, 0.15) is 12.5 Å². The van der Waals surface area contributed by atoms with Gasteiger partial charge in [0.05, 0.1) is 0 Å². The van der Waals surface area contributed by atoms with E-state index < -0.39 is 0 Å². The summed E-state index contributed by atoms with van der Waals surface area (Å²) in [7, 11) is 2.99. The minimum absolute atomic E-state index is 0.0640. The first-order chi connectivity index (χ1) is 12.1. The topological polar surface area (TPSA) is 68.9 Å². The number of benzene rings is 1. The molecule has 0 atom stereocenters. The van der Waals surface area contributed by atoms with E-state index in [4.69, 9.17) is 4.84 Å². The Labute approximate surface area is 146 Å². The molecule has 1 aromatic carbocycles. The molecule has 0 unspecified atom stereocenters. The Bertz CT molecular complexity index is 887. The van der Waals surface area contributed by atoms with Crippen molar-refractivity contribution in [3.63, 3.8) is 0 Å². The lowest BCUT2D eigenvalue weighted by Crippen LogP contribution is -2.28. The molecule has 0 radical (unpaired) electrons. The number of nitriles is 1. The van der Waals surface area contributed by atoms with E-state index in [9.17, 15) is 10.1 Å². The number of likely N-dealkylation sites (N-methyl/N-ethyl adjacent to an activating group) is 2. The first kappa shape index (κ1) is 16.5. The van der Waals surface area contributed by atoms with Crippen LogP contribution < -0.4 is 4.90 Å². The Morgan fingerprint density at radius 1 is 1.32 bits per heavy atom. The Kier molecular flexibility index (Phi) is 4.40. The predicted molar refractivity (Wildman–Crippen MR) is 96.4 cm³/mol. The molecule has 0 bridgehead atoms. The third-order valence-electron chi connectivity index (χ3n) is 4.22. The number of carbonyl (C=O) groups excluding carboxylic acids is 1. The summed E-state index contributed by atoms with van der Waals surface area (Å²) in [5.41, 5.74) is 3.63. The summed E-state index contributed by atoms with van der Waals surface area (Å²) in [6.07, 6.45) is 5.81. The predicted octanol–water partition coefficient (Wildman–Crippen LogP) is 2.68. The Morgan fingerprint density at radius 2 is 2.08 bits per heavy atom. The van der Waals surface area contributed by atoms with Crippen molar-refractivity contribution in [2.75, 3.05) is 25.6 Å². The van der Waals surface area contributed by atoms with Crippen LogP contribution in [0, 0.1) is 11.3 Å². The van der Waals surface area contributed by atoms with Crippen LogP contribution in [0.15, 0.2) is 58.4 Å². The molecule has 2 aliphatic heterocycles. The zero-order chi connectivity index (χ0) is 18.0. The fraction of sp³-hybridized carbons (Fsp3) is 0.211. The molecule has 126 valence electrons. The van der Waals surface area contributed by atoms with Crippen LogP contribution in [0.2, 0.25) is 0 Å². The lowest BCUT2D eigenvalue weighted by Gasteiger charge is -2.29. The van der Waals surface area contributed by atoms with Gasteiger partial charge in [0.2, 0.25) is 0 Å². The molecule has 1 aromatic rings. The molecule has 0 aliphatic carbocycles. The molecule has 3 rings (SSSR count). The molecule has 0 spiro atoms. The van der Waals surface area contributed by atoms with E-state index in [1.165, 1.54) is 12.0 Å². The summed E-state index contributed by atoms with van der Waals surface area (Å²) in [6.45, 7) is 2.81. The molecule has 0 N–H and O–H groups in total. The maximum absolute atomic E-state index is 12.3. The standard InChI is InChI=1S/C19H18N4O2/c1-4-23-14(10-9-13-7-5-6-8-17(13)23)11-15-16(12-20)19(24)22(2)18(15)21-25-3/h5-11H,4H2,1-3H3/b14-11+,21-18-. The fourth-order valence-electron chi connectivity index (χ4n) is 3.02. The zero-order valence-corrected chi connectivity index (χ0v) is 14.4. The van der Waals surface area contributed by atoms with E-state index in [1.807, 2.05) is 42.5 Å². The van der Waals surface area contributed by atoms with Crippen molar-refractivity contribution in [2.24, 2.45) is 5.16 Å². The average Bonchev–Trinajstić information content (AvgIpc) is 2.86. The van der Waals surface area contributed by atoms with Gasteiger partial charge in [0, 0.05) is 30.5 Å². The highest BCUT2D eigenvalue weighted by molar-refractivity contribution is 6.24. The Hall–Kier alpha value is -3.33. The van der Waals surface area contributed by atoms with E-state index in [0.29, 0.717) is 11.4 Å². The van der Waals surface area contributed by atoms with Gasteiger partial charge in [0.15, 0.2) is 5.84 Å².